The van der Waals surface area contributed by atoms with Crippen molar-refractivity contribution in [3.8, 4) is 22.7 Å². The summed E-state index contributed by atoms with van der Waals surface area (Å²) in [6.45, 7) is 1.94. The van der Waals surface area contributed by atoms with Crippen LogP contribution in [0.2, 0.25) is 5.02 Å². The van der Waals surface area contributed by atoms with Crippen LogP contribution in [0.3, 0.4) is 0 Å². The summed E-state index contributed by atoms with van der Waals surface area (Å²) in [5, 5.41) is 9.52. The number of carboxylic acid groups (broad SMARTS) is 1. The maximum absolute atomic E-state index is 13.6. The number of rotatable bonds is 6. The third-order valence-corrected chi connectivity index (χ3v) is 5.66. The molecule has 0 aliphatic heterocycles. The molecule has 4 rings (SSSR count). The molecule has 0 aliphatic carbocycles. The first-order valence-electron chi connectivity index (χ1n) is 10.2. The number of hydrogen-bond donors (Lipinski definition) is 1. The second-order valence-electron chi connectivity index (χ2n) is 7.65. The van der Waals surface area contributed by atoms with E-state index in [1.165, 1.54) is 18.2 Å². The fourth-order valence-corrected chi connectivity index (χ4v) is 3.87. The summed E-state index contributed by atoms with van der Waals surface area (Å²) in [7, 11) is 0. The minimum atomic E-state index is -4.55. The van der Waals surface area contributed by atoms with Crippen molar-refractivity contribution in [3.05, 3.63) is 106 Å². The number of ether oxygens (including phenoxy) is 1. The van der Waals surface area contributed by atoms with Gasteiger partial charge in [-0.3, -0.25) is 0 Å². The van der Waals surface area contributed by atoms with E-state index in [2.05, 4.69) is 0 Å². The molecular formula is C26H19ClF3NO3. The van der Waals surface area contributed by atoms with Crippen LogP contribution in [0.5, 0.6) is 5.75 Å². The Hall–Kier alpha value is -3.71. The number of aromatic nitrogens is 1. The number of benzene rings is 3. The third-order valence-electron chi connectivity index (χ3n) is 5.33. The highest BCUT2D eigenvalue weighted by Crippen LogP contribution is 2.39. The summed E-state index contributed by atoms with van der Waals surface area (Å²) in [6, 6.07) is 20.5. The van der Waals surface area contributed by atoms with Gasteiger partial charge in [0.1, 0.15) is 12.4 Å². The van der Waals surface area contributed by atoms with Gasteiger partial charge in [-0.25, -0.2) is 4.79 Å². The van der Waals surface area contributed by atoms with Crippen LogP contribution in [0.4, 0.5) is 13.2 Å². The molecule has 34 heavy (non-hydrogen) atoms. The van der Waals surface area contributed by atoms with E-state index in [4.69, 9.17) is 16.3 Å². The standard InChI is InChI=1S/C26H19ClF3NO3/c1-16-7-11-23(31(16)19-9-10-22(27)20(14-19)25(32)33)21-13-18(26(28,29)30)8-12-24(21)34-15-17-5-3-2-4-6-17/h2-14H,15H2,1H3,(H,32,33). The summed E-state index contributed by atoms with van der Waals surface area (Å²) >= 11 is 6.01. The monoisotopic (exact) mass is 485 g/mol. The van der Waals surface area contributed by atoms with Crippen molar-refractivity contribution >= 4 is 17.6 Å². The Morgan fingerprint density at radius 1 is 1.00 bits per heavy atom. The third kappa shape index (κ3) is 4.79. The molecule has 4 aromatic rings. The van der Waals surface area contributed by atoms with Crippen LogP contribution in [-0.4, -0.2) is 15.6 Å². The quantitative estimate of drug-likeness (QED) is 0.309. The molecule has 1 heterocycles. The van der Waals surface area contributed by atoms with Crippen molar-refractivity contribution in [2.75, 3.05) is 0 Å². The normalized spacial score (nSPS) is 11.4. The Bertz CT molecular complexity index is 1350. The van der Waals surface area contributed by atoms with E-state index in [1.54, 1.807) is 29.7 Å². The number of carboxylic acids is 1. The molecule has 0 amide bonds. The SMILES string of the molecule is Cc1ccc(-c2cc(C(F)(F)F)ccc2OCc2ccccc2)n1-c1ccc(Cl)c(C(=O)O)c1. The van der Waals surface area contributed by atoms with Gasteiger partial charge in [-0.15, -0.1) is 0 Å². The Kier molecular flexibility index (Phi) is 6.39. The van der Waals surface area contributed by atoms with Gasteiger partial charge in [0.25, 0.3) is 0 Å². The van der Waals surface area contributed by atoms with Crippen molar-refractivity contribution in [2.45, 2.75) is 19.7 Å². The van der Waals surface area contributed by atoms with Crippen LogP contribution in [0.25, 0.3) is 16.9 Å². The van der Waals surface area contributed by atoms with E-state index in [-0.39, 0.29) is 28.5 Å². The van der Waals surface area contributed by atoms with Crippen LogP contribution >= 0.6 is 11.6 Å². The topological polar surface area (TPSA) is 51.5 Å². The van der Waals surface area contributed by atoms with Gasteiger partial charge in [0.2, 0.25) is 0 Å². The van der Waals surface area contributed by atoms with Crippen molar-refractivity contribution in [3.63, 3.8) is 0 Å². The molecule has 174 valence electrons. The summed E-state index contributed by atoms with van der Waals surface area (Å²) in [4.78, 5) is 11.6. The molecule has 0 bridgehead atoms. The number of nitrogens with zero attached hydrogens (tertiary/aromatic N) is 1. The fourth-order valence-electron chi connectivity index (χ4n) is 3.68. The predicted molar refractivity (Wildman–Crippen MR) is 124 cm³/mol. The van der Waals surface area contributed by atoms with Gasteiger partial charge in [0.05, 0.1) is 21.8 Å². The second-order valence-corrected chi connectivity index (χ2v) is 8.05. The Morgan fingerprint density at radius 2 is 1.74 bits per heavy atom. The minimum absolute atomic E-state index is 0.0635. The van der Waals surface area contributed by atoms with Gasteiger partial charge in [-0.2, -0.15) is 13.2 Å². The smallest absolute Gasteiger partial charge is 0.416 e. The Labute approximate surface area is 198 Å². The lowest BCUT2D eigenvalue weighted by Gasteiger charge is -2.18. The van der Waals surface area contributed by atoms with E-state index in [0.717, 1.165) is 17.7 Å². The number of aryl methyl sites for hydroxylation is 1. The van der Waals surface area contributed by atoms with E-state index in [9.17, 15) is 23.1 Å². The Morgan fingerprint density at radius 3 is 2.41 bits per heavy atom. The maximum atomic E-state index is 13.6. The largest absolute Gasteiger partial charge is 0.488 e. The zero-order valence-corrected chi connectivity index (χ0v) is 18.7. The van der Waals surface area contributed by atoms with Crippen molar-refractivity contribution in [2.24, 2.45) is 0 Å². The lowest BCUT2D eigenvalue weighted by Crippen LogP contribution is -2.08. The fraction of sp³-hybridized carbons (Fsp3) is 0.115. The molecule has 0 saturated heterocycles. The van der Waals surface area contributed by atoms with Gasteiger partial charge >= 0.3 is 12.1 Å². The zero-order chi connectivity index (χ0) is 24.5. The number of carbonyl (C=O) groups is 1. The van der Waals surface area contributed by atoms with Gasteiger partial charge in [0.15, 0.2) is 0 Å². The van der Waals surface area contributed by atoms with Crippen LogP contribution in [-0.2, 0) is 12.8 Å². The van der Waals surface area contributed by atoms with E-state index in [1.807, 2.05) is 30.3 Å². The lowest BCUT2D eigenvalue weighted by atomic mass is 10.1. The second kappa shape index (κ2) is 9.27. The van der Waals surface area contributed by atoms with Crippen molar-refractivity contribution in [1.29, 1.82) is 0 Å². The summed E-state index contributed by atoms with van der Waals surface area (Å²) in [5.74, 6) is -0.937. The van der Waals surface area contributed by atoms with Gasteiger partial charge < -0.3 is 14.4 Å². The molecular weight excluding hydrogens is 467 g/mol. The Balaban J connectivity index is 1.85. The first-order chi connectivity index (χ1) is 16.1. The van der Waals surface area contributed by atoms with E-state index >= 15 is 0 Å². The molecule has 1 aromatic heterocycles. The predicted octanol–water partition coefficient (Wildman–Crippen LogP) is 7.40. The molecule has 0 unspecified atom stereocenters. The molecule has 0 fully saturated rings. The zero-order valence-electron chi connectivity index (χ0n) is 17.9. The van der Waals surface area contributed by atoms with Gasteiger partial charge in [0, 0.05) is 16.9 Å². The molecule has 3 aromatic carbocycles. The van der Waals surface area contributed by atoms with Crippen LogP contribution in [0.1, 0.15) is 27.2 Å². The minimum Gasteiger partial charge on any atom is -0.488 e. The van der Waals surface area contributed by atoms with Crippen LogP contribution in [0.15, 0.2) is 78.9 Å². The highest BCUT2D eigenvalue weighted by atomic mass is 35.5. The highest BCUT2D eigenvalue weighted by Gasteiger charge is 2.32. The first kappa shape index (κ1) is 23.4. The van der Waals surface area contributed by atoms with E-state index in [0.29, 0.717) is 17.1 Å². The van der Waals surface area contributed by atoms with Gasteiger partial charge in [-0.05, 0) is 61.0 Å². The molecule has 0 saturated carbocycles. The van der Waals surface area contributed by atoms with Crippen LogP contribution in [0, 0.1) is 6.92 Å². The molecule has 0 radical (unpaired) electrons. The lowest BCUT2D eigenvalue weighted by molar-refractivity contribution is -0.137. The summed E-state index contributed by atoms with van der Waals surface area (Å²) < 4.78 is 48.3. The number of halogens is 4. The molecule has 4 nitrogen and oxygen atoms in total. The molecule has 1 N–H and O–H groups in total. The number of hydrogen-bond acceptors (Lipinski definition) is 2. The number of aromatic carboxylic acids is 1. The highest BCUT2D eigenvalue weighted by molar-refractivity contribution is 6.33. The van der Waals surface area contributed by atoms with Crippen LogP contribution < -0.4 is 4.74 Å². The van der Waals surface area contributed by atoms with Crippen molar-refractivity contribution < 1.29 is 27.8 Å². The molecule has 0 aliphatic rings. The average molecular weight is 486 g/mol. The summed E-state index contributed by atoms with van der Waals surface area (Å²) in [6.07, 6.45) is -4.55. The summed E-state index contributed by atoms with van der Waals surface area (Å²) in [5.41, 5.74) is 1.73. The average Bonchev–Trinajstić information content (AvgIpc) is 3.19. The maximum Gasteiger partial charge on any atom is 0.416 e. The van der Waals surface area contributed by atoms with Gasteiger partial charge in [-0.1, -0.05) is 41.9 Å². The van der Waals surface area contributed by atoms with Crippen molar-refractivity contribution in [1.82, 2.24) is 4.57 Å². The molecule has 8 heteroatoms. The molecule has 0 spiro atoms. The first-order valence-corrected chi connectivity index (χ1v) is 10.6. The molecule has 0 atom stereocenters. The number of alkyl halides is 3. The van der Waals surface area contributed by atoms with E-state index < -0.39 is 17.7 Å².